The first-order chi connectivity index (χ1) is 12.5. The second-order valence-electron chi connectivity index (χ2n) is 6.33. The van der Waals surface area contributed by atoms with E-state index in [-0.39, 0.29) is 18.1 Å². The highest BCUT2D eigenvalue weighted by Gasteiger charge is 2.20. The quantitative estimate of drug-likeness (QED) is 0.759. The fourth-order valence-electron chi connectivity index (χ4n) is 3.18. The molecule has 0 saturated heterocycles. The van der Waals surface area contributed by atoms with Crippen LogP contribution in [0.5, 0.6) is 5.75 Å². The fraction of sp³-hybridized carbons (Fsp3) is 0.421. The summed E-state index contributed by atoms with van der Waals surface area (Å²) in [5.41, 5.74) is 1.99. The van der Waals surface area contributed by atoms with E-state index in [1.807, 2.05) is 13.0 Å². The Morgan fingerprint density at radius 2 is 2.04 bits per heavy atom. The zero-order chi connectivity index (χ0) is 18.7. The second-order valence-corrected chi connectivity index (χ2v) is 6.33. The Balaban J connectivity index is 1.66. The Hall–Kier alpha value is -2.83. The average Bonchev–Trinajstić information content (AvgIpc) is 3.10. The number of carbonyl (C=O) groups excluding carboxylic acids is 2. The number of amides is 2. The van der Waals surface area contributed by atoms with Gasteiger partial charge in [0, 0.05) is 23.6 Å². The standard InChI is InChI=1S/C19H22N2O5/c1-3-20-18(23)11(2)21-17(22)10-25-12-7-8-14-13-5-4-6-15(13)19(24)26-16(14)9-12/h7-9,11H,3-6,10H2,1-2H3,(H,20,23)(H,21,22). The van der Waals surface area contributed by atoms with Crippen LogP contribution in [0, 0.1) is 0 Å². The number of hydrogen-bond donors (Lipinski definition) is 2. The monoisotopic (exact) mass is 358 g/mol. The van der Waals surface area contributed by atoms with E-state index in [4.69, 9.17) is 9.15 Å². The Morgan fingerprint density at radius 1 is 1.27 bits per heavy atom. The molecule has 7 nitrogen and oxygen atoms in total. The molecule has 1 aliphatic carbocycles. The van der Waals surface area contributed by atoms with Crippen molar-refractivity contribution in [2.75, 3.05) is 13.2 Å². The highest BCUT2D eigenvalue weighted by atomic mass is 16.5. The summed E-state index contributed by atoms with van der Waals surface area (Å²) in [6.07, 6.45) is 2.59. The van der Waals surface area contributed by atoms with Gasteiger partial charge in [0.1, 0.15) is 17.4 Å². The van der Waals surface area contributed by atoms with Crippen LogP contribution in [0.1, 0.15) is 31.4 Å². The van der Waals surface area contributed by atoms with Crippen molar-refractivity contribution in [3.05, 3.63) is 39.7 Å². The summed E-state index contributed by atoms with van der Waals surface area (Å²) >= 11 is 0. The number of benzene rings is 1. The average molecular weight is 358 g/mol. The summed E-state index contributed by atoms with van der Waals surface area (Å²) < 4.78 is 10.9. The van der Waals surface area contributed by atoms with Crippen molar-refractivity contribution in [2.45, 2.75) is 39.2 Å². The Labute approximate surface area is 150 Å². The van der Waals surface area contributed by atoms with Crippen molar-refractivity contribution in [3.8, 4) is 5.75 Å². The fourth-order valence-corrected chi connectivity index (χ4v) is 3.18. The molecule has 138 valence electrons. The van der Waals surface area contributed by atoms with Gasteiger partial charge >= 0.3 is 5.63 Å². The van der Waals surface area contributed by atoms with Gasteiger partial charge in [0.15, 0.2) is 6.61 Å². The second kappa shape index (κ2) is 7.59. The Bertz CT molecular complexity index is 903. The highest BCUT2D eigenvalue weighted by molar-refractivity contribution is 5.88. The van der Waals surface area contributed by atoms with Gasteiger partial charge in [-0.2, -0.15) is 0 Å². The Kier molecular flexibility index (Phi) is 5.25. The molecule has 1 aromatic heterocycles. The summed E-state index contributed by atoms with van der Waals surface area (Å²) in [6.45, 7) is 3.68. The van der Waals surface area contributed by atoms with Crippen molar-refractivity contribution in [3.63, 3.8) is 0 Å². The van der Waals surface area contributed by atoms with Crippen LogP contribution in [0.25, 0.3) is 11.0 Å². The third-order valence-electron chi connectivity index (χ3n) is 4.44. The summed E-state index contributed by atoms with van der Waals surface area (Å²) in [5.74, 6) is -0.221. The summed E-state index contributed by atoms with van der Waals surface area (Å²) in [7, 11) is 0. The van der Waals surface area contributed by atoms with Crippen LogP contribution in [-0.2, 0) is 22.4 Å². The van der Waals surface area contributed by atoms with E-state index in [0.717, 1.165) is 35.8 Å². The predicted octanol–water partition coefficient (Wildman–Crippen LogP) is 1.30. The zero-order valence-corrected chi connectivity index (χ0v) is 14.9. The van der Waals surface area contributed by atoms with E-state index in [9.17, 15) is 14.4 Å². The number of ether oxygens (including phenoxy) is 1. The molecule has 1 heterocycles. The molecular weight excluding hydrogens is 336 g/mol. The van der Waals surface area contributed by atoms with Gasteiger partial charge in [-0.3, -0.25) is 9.59 Å². The number of aryl methyl sites for hydroxylation is 1. The van der Waals surface area contributed by atoms with Gasteiger partial charge < -0.3 is 19.8 Å². The van der Waals surface area contributed by atoms with Crippen LogP contribution in [0.2, 0.25) is 0 Å². The van der Waals surface area contributed by atoms with E-state index >= 15 is 0 Å². The van der Waals surface area contributed by atoms with Crippen molar-refractivity contribution in [2.24, 2.45) is 0 Å². The first-order valence-electron chi connectivity index (χ1n) is 8.78. The van der Waals surface area contributed by atoms with Crippen LogP contribution in [-0.4, -0.2) is 31.0 Å². The lowest BCUT2D eigenvalue weighted by Gasteiger charge is -2.14. The maximum absolute atomic E-state index is 12.0. The normalized spacial score (nSPS) is 13.9. The SMILES string of the molecule is CCNC(=O)C(C)NC(=O)COc1ccc2c3c(c(=O)oc2c1)CCC3. The lowest BCUT2D eigenvalue weighted by molar-refractivity contribution is -0.129. The van der Waals surface area contributed by atoms with Crippen molar-refractivity contribution < 1.29 is 18.7 Å². The van der Waals surface area contributed by atoms with Crippen LogP contribution in [0.3, 0.4) is 0 Å². The van der Waals surface area contributed by atoms with Gasteiger partial charge in [-0.15, -0.1) is 0 Å². The smallest absolute Gasteiger partial charge is 0.339 e. The first-order valence-corrected chi connectivity index (χ1v) is 8.78. The number of nitrogens with one attached hydrogen (secondary N) is 2. The molecule has 1 aliphatic rings. The highest BCUT2D eigenvalue weighted by Crippen LogP contribution is 2.29. The van der Waals surface area contributed by atoms with E-state index in [1.54, 1.807) is 19.1 Å². The van der Waals surface area contributed by atoms with E-state index < -0.39 is 11.9 Å². The minimum Gasteiger partial charge on any atom is -0.484 e. The van der Waals surface area contributed by atoms with Gasteiger partial charge in [0.25, 0.3) is 5.91 Å². The summed E-state index contributed by atoms with van der Waals surface area (Å²) in [5, 5.41) is 6.11. The number of hydrogen-bond acceptors (Lipinski definition) is 5. The maximum atomic E-state index is 12.0. The molecular formula is C19H22N2O5. The summed E-state index contributed by atoms with van der Waals surface area (Å²) in [4.78, 5) is 35.6. The van der Waals surface area contributed by atoms with Gasteiger partial charge in [-0.05, 0) is 50.8 Å². The molecule has 0 fully saturated rings. The zero-order valence-electron chi connectivity index (χ0n) is 14.9. The molecule has 0 spiro atoms. The molecule has 26 heavy (non-hydrogen) atoms. The topological polar surface area (TPSA) is 97.6 Å². The number of carbonyl (C=O) groups is 2. The maximum Gasteiger partial charge on any atom is 0.339 e. The molecule has 3 rings (SSSR count). The molecule has 1 aromatic carbocycles. The van der Waals surface area contributed by atoms with Crippen LogP contribution < -0.4 is 21.0 Å². The van der Waals surface area contributed by atoms with Crippen LogP contribution in [0.4, 0.5) is 0 Å². The molecule has 0 radical (unpaired) electrons. The molecule has 0 bridgehead atoms. The lowest BCUT2D eigenvalue weighted by Crippen LogP contribution is -2.46. The molecule has 1 unspecified atom stereocenters. The molecule has 2 amide bonds. The van der Waals surface area contributed by atoms with Crippen LogP contribution >= 0.6 is 0 Å². The number of fused-ring (bicyclic) bond motifs is 3. The van der Waals surface area contributed by atoms with Crippen molar-refractivity contribution in [1.82, 2.24) is 10.6 Å². The predicted molar refractivity (Wildman–Crippen MR) is 96.3 cm³/mol. The summed E-state index contributed by atoms with van der Waals surface area (Å²) in [6, 6.07) is 4.59. The van der Waals surface area contributed by atoms with Gasteiger partial charge in [0.2, 0.25) is 5.91 Å². The number of rotatable bonds is 6. The number of likely N-dealkylation sites (N-methyl/N-ethyl adjacent to an activating group) is 1. The minimum atomic E-state index is -0.636. The minimum absolute atomic E-state index is 0.232. The molecule has 0 saturated carbocycles. The molecule has 2 aromatic rings. The largest absolute Gasteiger partial charge is 0.484 e. The lowest BCUT2D eigenvalue weighted by atomic mass is 10.1. The van der Waals surface area contributed by atoms with Gasteiger partial charge in [-0.1, -0.05) is 0 Å². The molecule has 1 atom stereocenters. The van der Waals surface area contributed by atoms with E-state index in [1.165, 1.54) is 0 Å². The van der Waals surface area contributed by atoms with E-state index in [0.29, 0.717) is 17.9 Å². The molecule has 7 heteroatoms. The van der Waals surface area contributed by atoms with E-state index in [2.05, 4.69) is 10.6 Å². The third kappa shape index (κ3) is 3.71. The van der Waals surface area contributed by atoms with Crippen LogP contribution in [0.15, 0.2) is 27.4 Å². The Morgan fingerprint density at radius 3 is 2.81 bits per heavy atom. The van der Waals surface area contributed by atoms with Gasteiger partial charge in [-0.25, -0.2) is 4.79 Å². The third-order valence-corrected chi connectivity index (χ3v) is 4.44. The molecule has 0 aliphatic heterocycles. The first kappa shape index (κ1) is 18.0. The molecule has 2 N–H and O–H groups in total. The van der Waals surface area contributed by atoms with Gasteiger partial charge in [0.05, 0.1) is 0 Å². The van der Waals surface area contributed by atoms with Crippen molar-refractivity contribution >= 4 is 22.8 Å². The van der Waals surface area contributed by atoms with Crippen molar-refractivity contribution in [1.29, 1.82) is 0 Å².